The molecule has 20 heavy (non-hydrogen) atoms. The molecule has 1 atom stereocenters. The van der Waals surface area contributed by atoms with Gasteiger partial charge in [0, 0.05) is 20.2 Å². The van der Waals surface area contributed by atoms with Crippen molar-refractivity contribution < 1.29 is 9.53 Å². The van der Waals surface area contributed by atoms with E-state index in [2.05, 4.69) is 10.3 Å². The number of imidazole rings is 1. The van der Waals surface area contributed by atoms with E-state index in [9.17, 15) is 4.79 Å². The first kappa shape index (κ1) is 14.9. The molecule has 0 bridgehead atoms. The van der Waals surface area contributed by atoms with Gasteiger partial charge in [-0.25, -0.2) is 4.98 Å². The van der Waals surface area contributed by atoms with Crippen LogP contribution in [0.4, 0.5) is 0 Å². The Balaban J connectivity index is 1.95. The lowest BCUT2D eigenvalue weighted by Crippen LogP contribution is -2.36. The fourth-order valence-corrected chi connectivity index (χ4v) is 2.79. The number of amides is 1. The number of aryl methyl sites for hydroxylation is 1. The number of aromatic nitrogens is 2. The van der Waals surface area contributed by atoms with Crippen LogP contribution in [0.5, 0.6) is 0 Å². The van der Waals surface area contributed by atoms with Crippen LogP contribution >= 0.6 is 11.8 Å². The van der Waals surface area contributed by atoms with Crippen LogP contribution in [-0.2, 0) is 16.6 Å². The number of nitrogens with zero attached hydrogens (tertiary/aromatic N) is 2. The molecule has 1 aromatic carbocycles. The molecule has 0 radical (unpaired) electrons. The molecule has 108 valence electrons. The summed E-state index contributed by atoms with van der Waals surface area (Å²) in [6.07, 6.45) is 0. The zero-order valence-corrected chi connectivity index (χ0v) is 12.7. The standard InChI is InChI=1S/C14H19N3O2S/c1-10(8-19-3)15-13(18)9-20-14-16-11-6-4-5-7-12(11)17(14)2/h4-7,10H,8-9H2,1-3H3,(H,15,18). The number of benzene rings is 1. The summed E-state index contributed by atoms with van der Waals surface area (Å²) in [6, 6.07) is 7.96. The molecule has 0 aliphatic heterocycles. The molecule has 1 amide bonds. The highest BCUT2D eigenvalue weighted by Gasteiger charge is 2.11. The number of thioether (sulfide) groups is 1. The molecule has 6 heteroatoms. The van der Waals surface area contributed by atoms with Crippen LogP contribution in [0.15, 0.2) is 29.4 Å². The lowest BCUT2D eigenvalue weighted by Gasteiger charge is -2.12. The minimum atomic E-state index is -0.00777. The summed E-state index contributed by atoms with van der Waals surface area (Å²) >= 11 is 1.44. The second kappa shape index (κ2) is 6.76. The van der Waals surface area contributed by atoms with E-state index in [0.29, 0.717) is 12.4 Å². The lowest BCUT2D eigenvalue weighted by atomic mass is 10.3. The number of hydrogen-bond donors (Lipinski definition) is 1. The van der Waals surface area contributed by atoms with Gasteiger partial charge >= 0.3 is 0 Å². The molecule has 0 saturated carbocycles. The van der Waals surface area contributed by atoms with Crippen molar-refractivity contribution in [2.45, 2.75) is 18.1 Å². The minimum Gasteiger partial charge on any atom is -0.383 e. The predicted octanol–water partition coefficient (Wildman–Crippen LogP) is 1.82. The average Bonchev–Trinajstić information content (AvgIpc) is 2.74. The van der Waals surface area contributed by atoms with Gasteiger partial charge in [0.25, 0.3) is 0 Å². The molecule has 0 spiro atoms. The average molecular weight is 293 g/mol. The highest BCUT2D eigenvalue weighted by molar-refractivity contribution is 7.99. The summed E-state index contributed by atoms with van der Waals surface area (Å²) in [5, 5.41) is 3.73. The van der Waals surface area contributed by atoms with E-state index >= 15 is 0 Å². The van der Waals surface area contributed by atoms with Crippen LogP contribution in [-0.4, -0.2) is 41.0 Å². The first-order chi connectivity index (χ1) is 9.61. The maximum absolute atomic E-state index is 11.8. The number of carbonyl (C=O) groups is 1. The Hall–Kier alpha value is -1.53. The Labute approximate surface area is 122 Å². The molecule has 0 saturated heterocycles. The van der Waals surface area contributed by atoms with Crippen LogP contribution in [0, 0.1) is 0 Å². The van der Waals surface area contributed by atoms with Crippen molar-refractivity contribution in [2.24, 2.45) is 7.05 Å². The Kier molecular flexibility index (Phi) is 5.03. The Morgan fingerprint density at radius 1 is 1.50 bits per heavy atom. The molecule has 1 unspecified atom stereocenters. The normalized spacial score (nSPS) is 12.6. The largest absolute Gasteiger partial charge is 0.383 e. The Morgan fingerprint density at radius 3 is 2.95 bits per heavy atom. The summed E-state index contributed by atoms with van der Waals surface area (Å²) in [6.45, 7) is 2.43. The third-order valence-electron chi connectivity index (χ3n) is 2.90. The number of hydrogen-bond acceptors (Lipinski definition) is 4. The minimum absolute atomic E-state index is 0.00777. The van der Waals surface area contributed by atoms with Crippen LogP contribution in [0.1, 0.15) is 6.92 Å². The molecule has 1 aromatic heterocycles. The molecule has 0 aliphatic carbocycles. The van der Waals surface area contributed by atoms with Gasteiger partial charge in [-0.3, -0.25) is 4.79 Å². The van der Waals surface area contributed by atoms with Crippen molar-refractivity contribution in [3.8, 4) is 0 Å². The zero-order valence-electron chi connectivity index (χ0n) is 11.9. The van der Waals surface area contributed by atoms with Crippen LogP contribution < -0.4 is 5.32 Å². The quantitative estimate of drug-likeness (QED) is 0.825. The highest BCUT2D eigenvalue weighted by atomic mass is 32.2. The predicted molar refractivity (Wildman–Crippen MR) is 80.9 cm³/mol. The zero-order chi connectivity index (χ0) is 14.5. The number of rotatable bonds is 6. The second-order valence-corrected chi connectivity index (χ2v) is 5.60. The van der Waals surface area contributed by atoms with Gasteiger partial charge in [-0.1, -0.05) is 23.9 Å². The lowest BCUT2D eigenvalue weighted by molar-refractivity contribution is -0.119. The Morgan fingerprint density at radius 2 is 2.25 bits per heavy atom. The van der Waals surface area contributed by atoms with Gasteiger partial charge in [0.1, 0.15) is 0 Å². The molecule has 0 aliphatic rings. The summed E-state index contributed by atoms with van der Waals surface area (Å²) in [4.78, 5) is 16.3. The van der Waals surface area contributed by atoms with E-state index < -0.39 is 0 Å². The fourth-order valence-electron chi connectivity index (χ4n) is 1.99. The smallest absolute Gasteiger partial charge is 0.230 e. The highest BCUT2D eigenvalue weighted by Crippen LogP contribution is 2.22. The maximum atomic E-state index is 11.8. The van der Waals surface area contributed by atoms with Gasteiger partial charge in [0.05, 0.1) is 23.4 Å². The third-order valence-corrected chi connectivity index (χ3v) is 3.93. The van der Waals surface area contributed by atoms with Gasteiger partial charge in [-0.2, -0.15) is 0 Å². The van der Waals surface area contributed by atoms with Gasteiger partial charge < -0.3 is 14.6 Å². The van der Waals surface area contributed by atoms with Crippen LogP contribution in [0.2, 0.25) is 0 Å². The van der Waals surface area contributed by atoms with E-state index in [1.807, 2.05) is 42.8 Å². The number of ether oxygens (including phenoxy) is 1. The Bertz CT molecular complexity index is 597. The van der Waals surface area contributed by atoms with Gasteiger partial charge in [0.15, 0.2) is 5.16 Å². The van der Waals surface area contributed by atoms with E-state index in [0.717, 1.165) is 16.2 Å². The van der Waals surface area contributed by atoms with Gasteiger partial charge in [0.2, 0.25) is 5.91 Å². The van der Waals surface area contributed by atoms with E-state index in [1.165, 1.54) is 11.8 Å². The topological polar surface area (TPSA) is 56.1 Å². The number of para-hydroxylation sites is 2. The monoisotopic (exact) mass is 293 g/mol. The number of carbonyl (C=O) groups excluding carboxylic acids is 1. The molecule has 2 aromatic rings. The molecule has 2 rings (SSSR count). The van der Waals surface area contributed by atoms with Crippen molar-refractivity contribution in [3.05, 3.63) is 24.3 Å². The summed E-state index contributed by atoms with van der Waals surface area (Å²) in [5.74, 6) is 0.345. The number of fused-ring (bicyclic) bond motifs is 1. The summed E-state index contributed by atoms with van der Waals surface area (Å²) < 4.78 is 6.99. The molecular formula is C14H19N3O2S. The van der Waals surface area contributed by atoms with E-state index in [4.69, 9.17) is 4.74 Å². The summed E-state index contributed by atoms with van der Waals surface area (Å²) in [7, 11) is 3.58. The van der Waals surface area contributed by atoms with Crippen LogP contribution in [0.3, 0.4) is 0 Å². The molecule has 5 nitrogen and oxygen atoms in total. The molecule has 0 fully saturated rings. The number of nitrogens with one attached hydrogen (secondary N) is 1. The SMILES string of the molecule is COCC(C)NC(=O)CSc1nc2ccccc2n1C. The fraction of sp³-hybridized carbons (Fsp3) is 0.429. The molecule has 1 N–H and O–H groups in total. The number of methoxy groups -OCH3 is 1. The van der Waals surface area contributed by atoms with Crippen LogP contribution in [0.25, 0.3) is 11.0 Å². The van der Waals surface area contributed by atoms with Crippen molar-refractivity contribution in [1.82, 2.24) is 14.9 Å². The van der Waals surface area contributed by atoms with Crippen molar-refractivity contribution in [3.63, 3.8) is 0 Å². The van der Waals surface area contributed by atoms with E-state index in [-0.39, 0.29) is 11.9 Å². The first-order valence-electron chi connectivity index (χ1n) is 6.44. The van der Waals surface area contributed by atoms with Gasteiger partial charge in [-0.15, -0.1) is 0 Å². The molecular weight excluding hydrogens is 274 g/mol. The maximum Gasteiger partial charge on any atom is 0.230 e. The summed E-state index contributed by atoms with van der Waals surface area (Å²) in [5.41, 5.74) is 2.02. The van der Waals surface area contributed by atoms with Crippen molar-refractivity contribution in [1.29, 1.82) is 0 Å². The van der Waals surface area contributed by atoms with Gasteiger partial charge in [-0.05, 0) is 19.1 Å². The first-order valence-corrected chi connectivity index (χ1v) is 7.43. The molecule has 1 heterocycles. The third kappa shape index (κ3) is 3.52. The van der Waals surface area contributed by atoms with Crippen molar-refractivity contribution >= 4 is 28.7 Å². The van der Waals surface area contributed by atoms with Crippen molar-refractivity contribution in [2.75, 3.05) is 19.5 Å². The second-order valence-electron chi connectivity index (χ2n) is 4.65. The van der Waals surface area contributed by atoms with E-state index in [1.54, 1.807) is 7.11 Å².